The van der Waals surface area contributed by atoms with Gasteiger partial charge in [0.1, 0.15) is 6.04 Å². The first-order chi connectivity index (χ1) is 13.6. The van der Waals surface area contributed by atoms with Crippen LogP contribution in [0.1, 0.15) is 49.8 Å². The summed E-state index contributed by atoms with van der Waals surface area (Å²) in [5.41, 5.74) is 3.35. The second-order valence-electron chi connectivity index (χ2n) is 7.15. The van der Waals surface area contributed by atoms with Crippen LogP contribution in [0.15, 0.2) is 54.6 Å². The molecular formula is C24H32N2O2. The molecule has 2 rings (SSSR count). The standard InChI is InChI=1S/C24H32N2O2/c1-4-17-25-24(28)22(5-2)26(18-21-14-10-9-11-19(21)3)23(27)16-15-20-12-7-6-8-13-20/h6-14,22H,4-5,15-18H2,1-3H3,(H,25,28)/t22-/m1/s1. The molecule has 2 aromatic carbocycles. The van der Waals surface area contributed by atoms with Gasteiger partial charge in [0, 0.05) is 19.5 Å². The lowest BCUT2D eigenvalue weighted by molar-refractivity contribution is -0.141. The molecule has 4 heteroatoms. The highest BCUT2D eigenvalue weighted by Gasteiger charge is 2.28. The molecule has 1 atom stereocenters. The van der Waals surface area contributed by atoms with Gasteiger partial charge in [-0.05, 0) is 42.9 Å². The second-order valence-corrected chi connectivity index (χ2v) is 7.15. The van der Waals surface area contributed by atoms with Gasteiger partial charge in [-0.15, -0.1) is 0 Å². The lowest BCUT2D eigenvalue weighted by Crippen LogP contribution is -2.49. The number of carbonyl (C=O) groups excluding carboxylic acids is 2. The molecule has 1 N–H and O–H groups in total. The minimum Gasteiger partial charge on any atom is -0.354 e. The number of hydrogen-bond acceptors (Lipinski definition) is 2. The van der Waals surface area contributed by atoms with Crippen molar-refractivity contribution in [2.75, 3.05) is 6.54 Å². The first-order valence-corrected chi connectivity index (χ1v) is 10.2. The van der Waals surface area contributed by atoms with Gasteiger partial charge in [0.05, 0.1) is 0 Å². The topological polar surface area (TPSA) is 49.4 Å². The average Bonchev–Trinajstić information content (AvgIpc) is 2.72. The van der Waals surface area contributed by atoms with E-state index in [-0.39, 0.29) is 11.8 Å². The van der Waals surface area contributed by atoms with Crippen molar-refractivity contribution in [1.29, 1.82) is 0 Å². The van der Waals surface area contributed by atoms with Crippen LogP contribution >= 0.6 is 0 Å². The SMILES string of the molecule is CCCNC(=O)[C@@H](CC)N(Cc1ccccc1C)C(=O)CCc1ccccc1. The molecule has 0 aliphatic heterocycles. The maximum absolute atomic E-state index is 13.2. The Kier molecular flexibility index (Phi) is 8.73. The van der Waals surface area contributed by atoms with Crippen LogP contribution in [-0.4, -0.2) is 29.3 Å². The Labute approximate surface area is 169 Å². The normalized spacial score (nSPS) is 11.7. The number of rotatable bonds is 10. The Bertz CT molecular complexity index is 758. The van der Waals surface area contributed by atoms with Gasteiger partial charge < -0.3 is 10.2 Å². The van der Waals surface area contributed by atoms with Gasteiger partial charge >= 0.3 is 0 Å². The molecule has 150 valence electrons. The molecule has 0 bridgehead atoms. The van der Waals surface area contributed by atoms with E-state index in [9.17, 15) is 9.59 Å². The first-order valence-electron chi connectivity index (χ1n) is 10.2. The summed E-state index contributed by atoms with van der Waals surface area (Å²) in [6, 6.07) is 17.6. The third-order valence-electron chi connectivity index (χ3n) is 5.01. The maximum Gasteiger partial charge on any atom is 0.242 e. The Morgan fingerprint density at radius 3 is 2.32 bits per heavy atom. The van der Waals surface area contributed by atoms with Crippen molar-refractivity contribution in [3.8, 4) is 0 Å². The highest BCUT2D eigenvalue weighted by atomic mass is 16.2. The van der Waals surface area contributed by atoms with Crippen molar-refractivity contribution in [2.24, 2.45) is 0 Å². The molecule has 0 aliphatic rings. The quantitative estimate of drug-likeness (QED) is 0.669. The largest absolute Gasteiger partial charge is 0.354 e. The van der Waals surface area contributed by atoms with Crippen LogP contribution in [0.25, 0.3) is 0 Å². The second kappa shape index (κ2) is 11.3. The molecule has 2 aromatic rings. The number of benzene rings is 2. The van der Waals surface area contributed by atoms with E-state index < -0.39 is 6.04 Å². The molecular weight excluding hydrogens is 348 g/mol. The Morgan fingerprint density at radius 2 is 1.68 bits per heavy atom. The minimum absolute atomic E-state index is 0.0191. The fourth-order valence-electron chi connectivity index (χ4n) is 3.30. The Hall–Kier alpha value is -2.62. The van der Waals surface area contributed by atoms with E-state index in [1.54, 1.807) is 4.90 Å². The Morgan fingerprint density at radius 1 is 1.00 bits per heavy atom. The lowest BCUT2D eigenvalue weighted by Gasteiger charge is -2.31. The van der Waals surface area contributed by atoms with Crippen LogP contribution in [-0.2, 0) is 22.6 Å². The predicted octanol–water partition coefficient (Wildman–Crippen LogP) is 4.26. The van der Waals surface area contributed by atoms with Crippen molar-refractivity contribution in [3.63, 3.8) is 0 Å². The molecule has 28 heavy (non-hydrogen) atoms. The third-order valence-corrected chi connectivity index (χ3v) is 5.01. The van der Waals surface area contributed by atoms with Gasteiger partial charge in [-0.2, -0.15) is 0 Å². The fraction of sp³-hybridized carbons (Fsp3) is 0.417. The summed E-state index contributed by atoms with van der Waals surface area (Å²) < 4.78 is 0. The van der Waals surface area contributed by atoms with Crippen LogP contribution in [0.3, 0.4) is 0 Å². The summed E-state index contributed by atoms with van der Waals surface area (Å²) in [6.45, 7) is 7.12. The van der Waals surface area contributed by atoms with E-state index in [1.807, 2.05) is 75.4 Å². The maximum atomic E-state index is 13.2. The molecule has 0 aliphatic carbocycles. The van der Waals surface area contributed by atoms with Crippen LogP contribution in [0.2, 0.25) is 0 Å². The van der Waals surface area contributed by atoms with Gasteiger partial charge in [-0.1, -0.05) is 68.4 Å². The molecule has 4 nitrogen and oxygen atoms in total. The first kappa shape index (κ1) is 21.7. The summed E-state index contributed by atoms with van der Waals surface area (Å²) in [5, 5.41) is 2.96. The van der Waals surface area contributed by atoms with Crippen LogP contribution < -0.4 is 5.32 Å². The Balaban J connectivity index is 2.19. The molecule has 0 spiro atoms. The number of aryl methyl sites for hydroxylation is 2. The predicted molar refractivity (Wildman–Crippen MR) is 114 cm³/mol. The van der Waals surface area contributed by atoms with Gasteiger partial charge in [0.15, 0.2) is 0 Å². The van der Waals surface area contributed by atoms with Gasteiger partial charge in [-0.25, -0.2) is 0 Å². The number of hydrogen-bond donors (Lipinski definition) is 1. The molecule has 0 saturated carbocycles. The third kappa shape index (κ3) is 6.22. The number of nitrogens with zero attached hydrogens (tertiary/aromatic N) is 1. The molecule has 0 fully saturated rings. The van der Waals surface area contributed by atoms with Crippen molar-refractivity contribution < 1.29 is 9.59 Å². The monoisotopic (exact) mass is 380 g/mol. The van der Waals surface area contributed by atoms with Crippen molar-refractivity contribution in [1.82, 2.24) is 10.2 Å². The van der Waals surface area contributed by atoms with Gasteiger partial charge in [-0.3, -0.25) is 9.59 Å². The molecule has 0 radical (unpaired) electrons. The average molecular weight is 381 g/mol. The molecule has 0 heterocycles. The van der Waals surface area contributed by atoms with Crippen LogP contribution in [0.5, 0.6) is 0 Å². The van der Waals surface area contributed by atoms with Crippen LogP contribution in [0.4, 0.5) is 0 Å². The summed E-state index contributed by atoms with van der Waals surface area (Å²) >= 11 is 0. The van der Waals surface area contributed by atoms with Crippen molar-refractivity contribution >= 4 is 11.8 Å². The van der Waals surface area contributed by atoms with E-state index in [0.29, 0.717) is 32.4 Å². The van der Waals surface area contributed by atoms with Crippen molar-refractivity contribution in [2.45, 2.75) is 59.0 Å². The number of nitrogens with one attached hydrogen (secondary N) is 1. The molecule has 0 saturated heterocycles. The smallest absolute Gasteiger partial charge is 0.242 e. The molecule has 0 aromatic heterocycles. The van der Waals surface area contributed by atoms with E-state index in [0.717, 1.165) is 23.1 Å². The number of amides is 2. The van der Waals surface area contributed by atoms with E-state index >= 15 is 0 Å². The summed E-state index contributed by atoms with van der Waals surface area (Å²) in [5.74, 6) is -0.0448. The fourth-order valence-corrected chi connectivity index (χ4v) is 3.30. The summed E-state index contributed by atoms with van der Waals surface area (Å²) in [6.07, 6.45) is 2.55. The van der Waals surface area contributed by atoms with E-state index in [4.69, 9.17) is 0 Å². The van der Waals surface area contributed by atoms with Crippen LogP contribution in [0, 0.1) is 6.92 Å². The van der Waals surface area contributed by atoms with Gasteiger partial charge in [0.25, 0.3) is 0 Å². The minimum atomic E-state index is -0.450. The highest BCUT2D eigenvalue weighted by molar-refractivity contribution is 5.87. The van der Waals surface area contributed by atoms with E-state index in [1.165, 1.54) is 0 Å². The van der Waals surface area contributed by atoms with Crippen molar-refractivity contribution in [3.05, 3.63) is 71.3 Å². The number of carbonyl (C=O) groups is 2. The van der Waals surface area contributed by atoms with E-state index in [2.05, 4.69) is 5.32 Å². The summed E-state index contributed by atoms with van der Waals surface area (Å²) in [4.78, 5) is 27.6. The zero-order valence-corrected chi connectivity index (χ0v) is 17.3. The molecule has 2 amide bonds. The summed E-state index contributed by atoms with van der Waals surface area (Å²) in [7, 11) is 0. The zero-order valence-electron chi connectivity index (χ0n) is 17.3. The zero-order chi connectivity index (χ0) is 20.4. The van der Waals surface area contributed by atoms with Gasteiger partial charge in [0.2, 0.25) is 11.8 Å². The lowest BCUT2D eigenvalue weighted by atomic mass is 10.0. The molecule has 0 unspecified atom stereocenters. The highest BCUT2D eigenvalue weighted by Crippen LogP contribution is 2.17.